The molecule has 33 heavy (non-hydrogen) atoms. The van der Waals surface area contributed by atoms with Crippen LogP contribution in [0.15, 0.2) is 91.0 Å². The minimum atomic E-state index is -0.680. The molecule has 2 atom stereocenters. The van der Waals surface area contributed by atoms with Gasteiger partial charge < -0.3 is 10.0 Å². The van der Waals surface area contributed by atoms with Crippen molar-refractivity contribution in [3.8, 4) is 0 Å². The van der Waals surface area contributed by atoms with Crippen molar-refractivity contribution in [2.75, 3.05) is 6.54 Å². The van der Waals surface area contributed by atoms with Crippen molar-refractivity contribution in [2.45, 2.75) is 51.5 Å². The molecule has 0 radical (unpaired) electrons. The van der Waals surface area contributed by atoms with Crippen LogP contribution in [-0.4, -0.2) is 50.8 Å². The van der Waals surface area contributed by atoms with Gasteiger partial charge >= 0.3 is 6.03 Å². The Kier molecular flexibility index (Phi) is 7.43. The number of aliphatic hydroxyl groups is 1. The number of carbonyl (C=O) groups excluding carboxylic acids is 1. The van der Waals surface area contributed by atoms with Gasteiger partial charge in [0.2, 0.25) is 0 Å². The molecule has 1 heterocycles. The number of aliphatic hydroxyl groups excluding tert-OH is 1. The third kappa shape index (κ3) is 5.62. The van der Waals surface area contributed by atoms with Gasteiger partial charge in [-0.25, -0.2) is 9.80 Å². The fraction of sp³-hybridized carbons (Fsp3) is 0.321. The predicted octanol–water partition coefficient (Wildman–Crippen LogP) is 4.72. The van der Waals surface area contributed by atoms with Crippen LogP contribution in [0.3, 0.4) is 0 Å². The van der Waals surface area contributed by atoms with Gasteiger partial charge in [0.25, 0.3) is 0 Å². The molecule has 3 aromatic rings. The molecule has 3 aromatic carbocycles. The fourth-order valence-electron chi connectivity index (χ4n) is 4.49. The van der Waals surface area contributed by atoms with Crippen molar-refractivity contribution in [2.24, 2.45) is 0 Å². The van der Waals surface area contributed by atoms with E-state index in [4.69, 9.17) is 0 Å². The zero-order valence-corrected chi connectivity index (χ0v) is 19.4. The van der Waals surface area contributed by atoms with Crippen molar-refractivity contribution in [1.29, 1.82) is 0 Å². The van der Waals surface area contributed by atoms with Crippen LogP contribution in [0.5, 0.6) is 0 Å². The summed E-state index contributed by atoms with van der Waals surface area (Å²) < 4.78 is 0. The second-order valence-corrected chi connectivity index (χ2v) is 8.98. The van der Waals surface area contributed by atoms with Gasteiger partial charge in [0, 0.05) is 19.1 Å². The van der Waals surface area contributed by atoms with Crippen LogP contribution in [0.2, 0.25) is 0 Å². The van der Waals surface area contributed by atoms with E-state index in [0.717, 1.165) is 16.7 Å². The molecule has 4 rings (SSSR count). The first-order valence-corrected chi connectivity index (χ1v) is 11.7. The first-order valence-electron chi connectivity index (χ1n) is 11.7. The van der Waals surface area contributed by atoms with Crippen LogP contribution in [0, 0.1) is 0 Å². The summed E-state index contributed by atoms with van der Waals surface area (Å²) in [6.07, 6.45) is -0.0767. The van der Waals surface area contributed by atoms with Crippen LogP contribution in [0.4, 0.5) is 4.79 Å². The second kappa shape index (κ2) is 10.6. The Morgan fingerprint density at radius 3 is 1.79 bits per heavy atom. The Balaban J connectivity index is 1.72. The number of amides is 2. The van der Waals surface area contributed by atoms with Gasteiger partial charge in [-0.3, -0.25) is 5.01 Å². The summed E-state index contributed by atoms with van der Waals surface area (Å²) in [6, 6.07) is 29.8. The van der Waals surface area contributed by atoms with E-state index in [2.05, 4.69) is 26.0 Å². The normalized spacial score (nSPS) is 19.7. The summed E-state index contributed by atoms with van der Waals surface area (Å²) >= 11 is 0. The molecular weight excluding hydrogens is 410 g/mol. The average molecular weight is 444 g/mol. The molecule has 2 unspecified atom stereocenters. The highest BCUT2D eigenvalue weighted by atomic mass is 16.3. The van der Waals surface area contributed by atoms with Crippen molar-refractivity contribution in [1.82, 2.24) is 14.9 Å². The van der Waals surface area contributed by atoms with Crippen LogP contribution in [-0.2, 0) is 19.5 Å². The first kappa shape index (κ1) is 23.0. The molecule has 0 aromatic heterocycles. The molecule has 5 heteroatoms. The van der Waals surface area contributed by atoms with E-state index in [0.29, 0.717) is 26.1 Å². The fourth-order valence-corrected chi connectivity index (χ4v) is 4.49. The van der Waals surface area contributed by atoms with Crippen molar-refractivity contribution >= 4 is 6.03 Å². The lowest BCUT2D eigenvalue weighted by molar-refractivity contribution is -0.0378. The monoisotopic (exact) mass is 443 g/mol. The van der Waals surface area contributed by atoms with Gasteiger partial charge in [0.05, 0.1) is 18.7 Å². The summed E-state index contributed by atoms with van der Waals surface area (Å²) in [4.78, 5) is 16.0. The number of hydrogen-bond donors (Lipinski definition) is 1. The van der Waals surface area contributed by atoms with Gasteiger partial charge in [-0.2, -0.15) is 0 Å². The maximum Gasteiger partial charge on any atom is 0.335 e. The molecule has 1 aliphatic heterocycles. The first-order chi connectivity index (χ1) is 16.0. The van der Waals surface area contributed by atoms with Gasteiger partial charge in [0.15, 0.2) is 0 Å². The minimum absolute atomic E-state index is 0.0707. The maximum atomic E-state index is 14.1. The Morgan fingerprint density at radius 2 is 1.27 bits per heavy atom. The molecule has 172 valence electrons. The predicted molar refractivity (Wildman–Crippen MR) is 131 cm³/mol. The quantitative estimate of drug-likeness (QED) is 0.575. The third-order valence-electron chi connectivity index (χ3n) is 6.25. The van der Waals surface area contributed by atoms with E-state index < -0.39 is 6.10 Å². The van der Waals surface area contributed by atoms with Crippen LogP contribution >= 0.6 is 0 Å². The standard InChI is InChI=1S/C28H33N3O2/c1-22(2)30-21-27(32)26(18-23-12-6-3-7-13-23)29(19-24-14-8-4-9-15-24)28(33)31(30)20-25-16-10-5-11-17-25/h3-17,22,26-27,32H,18-21H2,1-2H3. The van der Waals surface area contributed by atoms with Gasteiger partial charge in [0.1, 0.15) is 0 Å². The third-order valence-corrected chi connectivity index (χ3v) is 6.25. The van der Waals surface area contributed by atoms with Gasteiger partial charge in [-0.15, -0.1) is 0 Å². The zero-order chi connectivity index (χ0) is 23.2. The average Bonchev–Trinajstić information content (AvgIpc) is 2.92. The molecule has 0 spiro atoms. The summed E-state index contributed by atoms with van der Waals surface area (Å²) in [5.41, 5.74) is 3.22. The molecule has 2 amide bonds. The number of urea groups is 1. The number of nitrogens with zero attached hydrogens (tertiary/aromatic N) is 3. The van der Waals surface area contributed by atoms with Crippen LogP contribution in [0.25, 0.3) is 0 Å². The van der Waals surface area contributed by atoms with E-state index in [1.807, 2.05) is 93.8 Å². The molecule has 0 bridgehead atoms. The Labute approximate surface area is 196 Å². The minimum Gasteiger partial charge on any atom is -0.390 e. The molecule has 0 saturated carbocycles. The highest BCUT2D eigenvalue weighted by Gasteiger charge is 2.40. The van der Waals surface area contributed by atoms with Crippen molar-refractivity contribution in [3.63, 3.8) is 0 Å². The van der Waals surface area contributed by atoms with E-state index in [1.54, 1.807) is 0 Å². The summed E-state index contributed by atoms with van der Waals surface area (Å²) in [5, 5.41) is 15.3. The lowest BCUT2D eigenvalue weighted by Gasteiger charge is -2.38. The SMILES string of the molecule is CC(C)N1CC(O)C(Cc2ccccc2)N(Cc2ccccc2)C(=O)N1Cc1ccccc1. The summed E-state index contributed by atoms with van der Waals surface area (Å²) in [5.74, 6) is 0. The zero-order valence-electron chi connectivity index (χ0n) is 19.4. The summed E-state index contributed by atoms with van der Waals surface area (Å²) in [7, 11) is 0. The number of carbonyl (C=O) groups is 1. The Hall–Kier alpha value is -3.15. The maximum absolute atomic E-state index is 14.1. The highest BCUT2D eigenvalue weighted by Crippen LogP contribution is 2.26. The molecule has 5 nitrogen and oxygen atoms in total. The van der Waals surface area contributed by atoms with Crippen molar-refractivity contribution < 1.29 is 9.90 Å². The number of benzene rings is 3. The number of rotatable bonds is 7. The van der Waals surface area contributed by atoms with E-state index in [1.165, 1.54) is 0 Å². The Bertz CT molecular complexity index is 1010. The smallest absolute Gasteiger partial charge is 0.335 e. The molecule has 0 aliphatic carbocycles. The lowest BCUT2D eigenvalue weighted by Crippen LogP contribution is -2.52. The second-order valence-electron chi connectivity index (χ2n) is 8.98. The molecular formula is C28H33N3O2. The van der Waals surface area contributed by atoms with Crippen molar-refractivity contribution in [3.05, 3.63) is 108 Å². The lowest BCUT2D eigenvalue weighted by atomic mass is 9.99. The highest BCUT2D eigenvalue weighted by molar-refractivity contribution is 5.75. The van der Waals surface area contributed by atoms with Crippen LogP contribution in [0.1, 0.15) is 30.5 Å². The molecule has 1 fully saturated rings. The molecule has 1 N–H and O–H groups in total. The van der Waals surface area contributed by atoms with Gasteiger partial charge in [-0.05, 0) is 37.0 Å². The van der Waals surface area contributed by atoms with E-state index in [-0.39, 0.29) is 18.1 Å². The Morgan fingerprint density at radius 1 is 0.788 bits per heavy atom. The summed E-state index contributed by atoms with van der Waals surface area (Å²) in [6.45, 7) is 5.45. The van der Waals surface area contributed by atoms with E-state index >= 15 is 0 Å². The largest absolute Gasteiger partial charge is 0.390 e. The topological polar surface area (TPSA) is 47.0 Å². The number of β-amino-alcohol motifs (C(OH)–C–C–N with tert-alkyl or cyclic N) is 1. The molecule has 1 saturated heterocycles. The molecule has 1 aliphatic rings. The number of hydrazine groups is 1. The van der Waals surface area contributed by atoms with Crippen LogP contribution < -0.4 is 0 Å². The van der Waals surface area contributed by atoms with Gasteiger partial charge in [-0.1, -0.05) is 91.0 Å². The number of hydrogen-bond acceptors (Lipinski definition) is 3. The van der Waals surface area contributed by atoms with E-state index in [9.17, 15) is 9.90 Å².